The summed E-state index contributed by atoms with van der Waals surface area (Å²) in [6.45, 7) is 2.97. The van der Waals surface area contributed by atoms with Gasteiger partial charge in [-0.1, -0.05) is 42.8 Å². The first-order valence-corrected chi connectivity index (χ1v) is 8.40. The summed E-state index contributed by atoms with van der Waals surface area (Å²) in [4.78, 5) is 1.08. The lowest BCUT2D eigenvalue weighted by molar-refractivity contribution is 0.568. The van der Waals surface area contributed by atoms with Crippen molar-refractivity contribution in [1.82, 2.24) is 5.32 Å². The highest BCUT2D eigenvalue weighted by molar-refractivity contribution is 7.99. The van der Waals surface area contributed by atoms with Crippen molar-refractivity contribution >= 4 is 23.4 Å². The fourth-order valence-corrected chi connectivity index (χ4v) is 3.48. The van der Waals surface area contributed by atoms with Crippen LogP contribution in [0.1, 0.15) is 12.5 Å². The molecule has 0 fully saturated rings. The van der Waals surface area contributed by atoms with Crippen molar-refractivity contribution in [2.24, 2.45) is 0 Å². The molecule has 1 nitrogen and oxygen atoms in total. The second-order valence-electron chi connectivity index (χ2n) is 4.83. The number of benzene rings is 2. The largest absolute Gasteiger partial charge is 0.313 e. The van der Waals surface area contributed by atoms with E-state index in [0.717, 1.165) is 34.2 Å². The average Bonchev–Trinajstić information content (AvgIpc) is 2.46. The van der Waals surface area contributed by atoms with Gasteiger partial charge in [0, 0.05) is 16.7 Å². The molecular weight excluding hydrogens is 305 g/mol. The monoisotopic (exact) mass is 323 g/mol. The molecule has 0 spiro atoms. The van der Waals surface area contributed by atoms with Gasteiger partial charge in [-0.2, -0.15) is 0 Å². The minimum Gasteiger partial charge on any atom is -0.313 e. The summed E-state index contributed by atoms with van der Waals surface area (Å²) in [5.41, 5.74) is 1.01. The molecule has 0 aliphatic rings. The molecule has 0 aliphatic carbocycles. The van der Waals surface area contributed by atoms with Crippen LogP contribution in [0.4, 0.5) is 4.39 Å². The minimum atomic E-state index is -0.179. The van der Waals surface area contributed by atoms with Gasteiger partial charge in [-0.3, -0.25) is 0 Å². The van der Waals surface area contributed by atoms with Crippen molar-refractivity contribution in [3.63, 3.8) is 0 Å². The SMILES string of the molecule is CCNC(CSc1ccccc1Cl)Cc1cccc(F)c1. The van der Waals surface area contributed by atoms with Gasteiger partial charge in [0.05, 0.1) is 5.02 Å². The predicted molar refractivity (Wildman–Crippen MR) is 89.7 cm³/mol. The second kappa shape index (κ2) is 8.42. The molecule has 0 bridgehead atoms. The van der Waals surface area contributed by atoms with E-state index in [2.05, 4.69) is 12.2 Å². The Morgan fingerprint density at radius 3 is 2.71 bits per heavy atom. The molecule has 1 atom stereocenters. The number of halogens is 2. The van der Waals surface area contributed by atoms with Gasteiger partial charge in [0.1, 0.15) is 5.82 Å². The van der Waals surface area contributed by atoms with E-state index in [0.29, 0.717) is 0 Å². The van der Waals surface area contributed by atoms with Crippen molar-refractivity contribution in [3.05, 3.63) is 64.9 Å². The summed E-state index contributed by atoms with van der Waals surface area (Å²) in [7, 11) is 0. The van der Waals surface area contributed by atoms with E-state index < -0.39 is 0 Å². The first-order chi connectivity index (χ1) is 10.2. The molecule has 0 amide bonds. The number of rotatable bonds is 7. The maximum absolute atomic E-state index is 13.3. The van der Waals surface area contributed by atoms with Gasteiger partial charge < -0.3 is 5.32 Å². The highest BCUT2D eigenvalue weighted by Gasteiger charge is 2.11. The van der Waals surface area contributed by atoms with E-state index in [-0.39, 0.29) is 11.9 Å². The van der Waals surface area contributed by atoms with Crippen molar-refractivity contribution in [2.75, 3.05) is 12.3 Å². The van der Waals surface area contributed by atoms with Gasteiger partial charge >= 0.3 is 0 Å². The lowest BCUT2D eigenvalue weighted by Crippen LogP contribution is -2.33. The van der Waals surface area contributed by atoms with Crippen LogP contribution in [0.2, 0.25) is 5.02 Å². The summed E-state index contributed by atoms with van der Waals surface area (Å²) in [6, 6.07) is 14.9. The Bertz CT molecular complexity index is 576. The van der Waals surface area contributed by atoms with Crippen LogP contribution >= 0.6 is 23.4 Å². The quantitative estimate of drug-likeness (QED) is 0.735. The van der Waals surface area contributed by atoms with E-state index in [4.69, 9.17) is 11.6 Å². The van der Waals surface area contributed by atoms with Crippen LogP contribution in [0.5, 0.6) is 0 Å². The lowest BCUT2D eigenvalue weighted by atomic mass is 10.1. The van der Waals surface area contributed by atoms with Crippen molar-refractivity contribution in [2.45, 2.75) is 24.3 Å². The van der Waals surface area contributed by atoms with Crippen molar-refractivity contribution in [3.8, 4) is 0 Å². The number of thioether (sulfide) groups is 1. The molecule has 0 heterocycles. The standard InChI is InChI=1S/C17H19ClFNS/c1-2-20-15(11-13-6-5-7-14(19)10-13)12-21-17-9-4-3-8-16(17)18/h3-10,15,20H,2,11-12H2,1H3. The average molecular weight is 324 g/mol. The van der Waals surface area contributed by atoms with Gasteiger partial charge in [0.15, 0.2) is 0 Å². The number of nitrogens with one attached hydrogen (secondary N) is 1. The first-order valence-electron chi connectivity index (χ1n) is 7.04. The molecule has 0 saturated heterocycles. The molecule has 2 rings (SSSR count). The molecule has 2 aromatic rings. The predicted octanol–water partition coefficient (Wildman–Crippen LogP) is 4.79. The zero-order valence-electron chi connectivity index (χ0n) is 12.0. The highest BCUT2D eigenvalue weighted by atomic mass is 35.5. The van der Waals surface area contributed by atoms with E-state index in [1.807, 2.05) is 30.3 Å². The molecule has 0 saturated carbocycles. The molecule has 112 valence electrons. The Morgan fingerprint density at radius 2 is 2.00 bits per heavy atom. The third-order valence-corrected chi connectivity index (χ3v) is 4.82. The topological polar surface area (TPSA) is 12.0 Å². The van der Waals surface area contributed by atoms with E-state index in [9.17, 15) is 4.39 Å². The Labute approximate surface area is 134 Å². The van der Waals surface area contributed by atoms with Gasteiger partial charge in [-0.05, 0) is 42.8 Å². The van der Waals surface area contributed by atoms with Crippen molar-refractivity contribution < 1.29 is 4.39 Å². The Balaban J connectivity index is 1.97. The van der Waals surface area contributed by atoms with Crippen LogP contribution in [-0.4, -0.2) is 18.3 Å². The number of hydrogen-bond acceptors (Lipinski definition) is 2. The molecule has 2 aromatic carbocycles. The molecule has 1 N–H and O–H groups in total. The molecule has 21 heavy (non-hydrogen) atoms. The van der Waals surface area contributed by atoms with Crippen LogP contribution in [0, 0.1) is 5.82 Å². The van der Waals surface area contributed by atoms with Gasteiger partial charge in [-0.25, -0.2) is 4.39 Å². The maximum atomic E-state index is 13.3. The smallest absolute Gasteiger partial charge is 0.123 e. The minimum absolute atomic E-state index is 0.179. The second-order valence-corrected chi connectivity index (χ2v) is 6.30. The normalized spacial score (nSPS) is 12.3. The first kappa shape index (κ1) is 16.3. The van der Waals surface area contributed by atoms with E-state index >= 15 is 0 Å². The molecular formula is C17H19ClFNS. The van der Waals surface area contributed by atoms with Crippen LogP contribution in [0.15, 0.2) is 53.4 Å². The Kier molecular flexibility index (Phi) is 6.55. The summed E-state index contributed by atoms with van der Waals surface area (Å²) in [5.74, 6) is 0.718. The third-order valence-electron chi connectivity index (χ3n) is 3.14. The fourth-order valence-electron chi connectivity index (χ4n) is 2.18. The zero-order chi connectivity index (χ0) is 15.1. The summed E-state index contributed by atoms with van der Waals surface area (Å²) < 4.78 is 13.3. The molecule has 4 heteroatoms. The third kappa shape index (κ3) is 5.34. The van der Waals surface area contributed by atoms with Crippen LogP contribution in [0.25, 0.3) is 0 Å². The summed E-state index contributed by atoms with van der Waals surface area (Å²) >= 11 is 7.91. The summed E-state index contributed by atoms with van der Waals surface area (Å²) in [6.07, 6.45) is 0.809. The van der Waals surface area contributed by atoms with Crippen LogP contribution < -0.4 is 5.32 Å². The summed E-state index contributed by atoms with van der Waals surface area (Å²) in [5, 5.41) is 4.23. The number of hydrogen-bond donors (Lipinski definition) is 1. The van der Waals surface area contributed by atoms with E-state index in [1.165, 1.54) is 6.07 Å². The molecule has 0 aromatic heterocycles. The van der Waals surface area contributed by atoms with Crippen molar-refractivity contribution in [1.29, 1.82) is 0 Å². The van der Waals surface area contributed by atoms with Gasteiger partial charge in [0.25, 0.3) is 0 Å². The highest BCUT2D eigenvalue weighted by Crippen LogP contribution is 2.27. The fraction of sp³-hybridized carbons (Fsp3) is 0.294. The Hall–Kier alpha value is -1.03. The maximum Gasteiger partial charge on any atom is 0.123 e. The van der Waals surface area contributed by atoms with Gasteiger partial charge in [-0.15, -0.1) is 11.8 Å². The molecule has 1 unspecified atom stereocenters. The Morgan fingerprint density at radius 1 is 1.19 bits per heavy atom. The number of likely N-dealkylation sites (N-methyl/N-ethyl adjacent to an activating group) is 1. The molecule has 0 radical (unpaired) electrons. The van der Waals surface area contributed by atoms with Gasteiger partial charge in [0.2, 0.25) is 0 Å². The molecule has 0 aliphatic heterocycles. The zero-order valence-corrected chi connectivity index (χ0v) is 13.6. The van der Waals surface area contributed by atoms with Crippen LogP contribution in [-0.2, 0) is 6.42 Å². The van der Waals surface area contributed by atoms with Crippen LogP contribution in [0.3, 0.4) is 0 Å². The van der Waals surface area contributed by atoms with E-state index in [1.54, 1.807) is 23.9 Å². The lowest BCUT2D eigenvalue weighted by Gasteiger charge is -2.18.